The second kappa shape index (κ2) is 5.85. The monoisotopic (exact) mass is 283 g/mol. The summed E-state index contributed by atoms with van der Waals surface area (Å²) in [6.07, 6.45) is 0.868. The molecule has 1 fully saturated rings. The summed E-state index contributed by atoms with van der Waals surface area (Å²) in [7, 11) is 0. The van der Waals surface area contributed by atoms with Crippen molar-refractivity contribution in [1.29, 1.82) is 0 Å². The highest BCUT2D eigenvalue weighted by molar-refractivity contribution is 5.85. The summed E-state index contributed by atoms with van der Waals surface area (Å²) in [5.41, 5.74) is 4.80. The van der Waals surface area contributed by atoms with Crippen LogP contribution in [0.3, 0.4) is 0 Å². The molecule has 1 unspecified atom stereocenters. The fourth-order valence-corrected chi connectivity index (χ4v) is 2.57. The fourth-order valence-electron chi connectivity index (χ4n) is 2.57. The maximum Gasteiger partial charge on any atom is 0.242 e. The maximum atomic E-state index is 13.5. The van der Waals surface area contributed by atoms with Gasteiger partial charge in [0.25, 0.3) is 0 Å². The molecule has 0 aliphatic carbocycles. The minimum atomic E-state index is -1.14. The van der Waals surface area contributed by atoms with Gasteiger partial charge in [-0.25, -0.2) is 8.78 Å². The molecule has 0 bridgehead atoms. The number of rotatable bonds is 3. The lowest BCUT2D eigenvalue weighted by Crippen LogP contribution is -2.54. The lowest BCUT2D eigenvalue weighted by Gasteiger charge is -2.38. The van der Waals surface area contributed by atoms with E-state index in [0.29, 0.717) is 18.7 Å². The third kappa shape index (κ3) is 2.66. The summed E-state index contributed by atoms with van der Waals surface area (Å²) < 4.78 is 26.5. The molecule has 110 valence electrons. The van der Waals surface area contributed by atoms with Gasteiger partial charge in [0, 0.05) is 19.6 Å². The maximum absolute atomic E-state index is 13.5. The van der Waals surface area contributed by atoms with Crippen LogP contribution in [0.1, 0.15) is 18.9 Å². The lowest BCUT2D eigenvalue weighted by molar-refractivity contribution is -0.130. The zero-order valence-corrected chi connectivity index (χ0v) is 11.5. The Morgan fingerprint density at radius 3 is 2.70 bits per heavy atom. The average Bonchev–Trinajstić information content (AvgIpc) is 2.70. The van der Waals surface area contributed by atoms with Crippen molar-refractivity contribution in [2.24, 2.45) is 5.73 Å². The van der Waals surface area contributed by atoms with E-state index < -0.39 is 23.1 Å². The number of halogens is 2. The van der Waals surface area contributed by atoms with Crippen molar-refractivity contribution >= 4 is 5.91 Å². The Morgan fingerprint density at radius 2 is 2.05 bits per heavy atom. The zero-order valence-electron chi connectivity index (χ0n) is 11.5. The van der Waals surface area contributed by atoms with Gasteiger partial charge in [0.1, 0.15) is 5.54 Å². The van der Waals surface area contributed by atoms with Crippen molar-refractivity contribution in [3.05, 3.63) is 35.4 Å². The summed E-state index contributed by atoms with van der Waals surface area (Å²) in [5.74, 6) is -2.47. The third-order valence-corrected chi connectivity index (χ3v) is 3.93. The first-order valence-electron chi connectivity index (χ1n) is 6.67. The fraction of sp³-hybridized carbons (Fsp3) is 0.500. The van der Waals surface area contributed by atoms with Crippen LogP contribution in [-0.2, 0) is 10.3 Å². The number of primary amides is 1. The van der Waals surface area contributed by atoms with E-state index in [1.165, 1.54) is 6.07 Å². The third-order valence-electron chi connectivity index (χ3n) is 3.93. The van der Waals surface area contributed by atoms with Gasteiger partial charge in [-0.1, -0.05) is 6.07 Å². The summed E-state index contributed by atoms with van der Waals surface area (Å²) in [6.45, 7) is 4.55. The Hall–Kier alpha value is -1.53. The Balaban J connectivity index is 2.41. The standard InChI is InChI=1S/C14H19F2N3O/c1-14(13(17)20,19-7-2-5-18-6-8-19)10-3-4-11(15)12(16)9-10/h3-4,9,18H,2,5-8H2,1H3,(H2,17,20). The highest BCUT2D eigenvalue weighted by Crippen LogP contribution is 2.29. The Bertz CT molecular complexity index is 501. The molecule has 0 radical (unpaired) electrons. The molecule has 0 saturated carbocycles. The Labute approximate surface area is 116 Å². The molecule has 1 heterocycles. The average molecular weight is 283 g/mol. The van der Waals surface area contributed by atoms with Crippen LogP contribution >= 0.6 is 0 Å². The van der Waals surface area contributed by atoms with Gasteiger partial charge < -0.3 is 11.1 Å². The van der Waals surface area contributed by atoms with E-state index in [4.69, 9.17) is 5.73 Å². The van der Waals surface area contributed by atoms with Gasteiger partial charge in [-0.05, 0) is 37.6 Å². The minimum Gasteiger partial charge on any atom is -0.368 e. The largest absolute Gasteiger partial charge is 0.368 e. The first-order valence-corrected chi connectivity index (χ1v) is 6.67. The van der Waals surface area contributed by atoms with Gasteiger partial charge in [0.2, 0.25) is 5.91 Å². The summed E-state index contributed by atoms with van der Waals surface area (Å²) in [6, 6.07) is 3.50. The second-order valence-corrected chi connectivity index (χ2v) is 5.16. The summed E-state index contributed by atoms with van der Waals surface area (Å²) in [5, 5.41) is 3.23. The number of nitrogens with one attached hydrogen (secondary N) is 1. The van der Waals surface area contributed by atoms with Crippen LogP contribution in [0.2, 0.25) is 0 Å². The summed E-state index contributed by atoms with van der Waals surface area (Å²) in [4.78, 5) is 13.9. The van der Waals surface area contributed by atoms with E-state index in [2.05, 4.69) is 5.32 Å². The highest BCUT2D eigenvalue weighted by atomic mass is 19.2. The topological polar surface area (TPSA) is 58.4 Å². The highest BCUT2D eigenvalue weighted by Gasteiger charge is 2.40. The molecule has 1 aliphatic rings. The lowest BCUT2D eigenvalue weighted by atomic mass is 9.88. The van der Waals surface area contributed by atoms with Crippen LogP contribution in [0, 0.1) is 11.6 Å². The van der Waals surface area contributed by atoms with Gasteiger partial charge in [-0.15, -0.1) is 0 Å². The van der Waals surface area contributed by atoms with Crippen LogP contribution < -0.4 is 11.1 Å². The minimum absolute atomic E-state index is 0.380. The normalized spacial score (nSPS) is 20.1. The first kappa shape index (κ1) is 14.9. The Morgan fingerprint density at radius 1 is 1.30 bits per heavy atom. The molecule has 0 aromatic heterocycles. The molecule has 3 N–H and O–H groups in total. The number of carbonyl (C=O) groups is 1. The quantitative estimate of drug-likeness (QED) is 0.869. The number of hydrogen-bond acceptors (Lipinski definition) is 3. The number of nitrogens with two attached hydrogens (primary N) is 1. The van der Waals surface area contributed by atoms with Gasteiger partial charge in [0.05, 0.1) is 0 Å². The van der Waals surface area contributed by atoms with Crippen molar-refractivity contribution in [2.75, 3.05) is 26.2 Å². The van der Waals surface area contributed by atoms with Gasteiger partial charge in [-0.2, -0.15) is 0 Å². The molecule has 1 atom stereocenters. The molecule has 1 aromatic rings. The van der Waals surface area contributed by atoms with Gasteiger partial charge in [-0.3, -0.25) is 9.69 Å². The molecule has 1 aliphatic heterocycles. The number of carbonyl (C=O) groups excluding carboxylic acids is 1. The molecular formula is C14H19F2N3O. The van der Waals surface area contributed by atoms with Crippen molar-refractivity contribution in [2.45, 2.75) is 18.9 Å². The number of nitrogens with zero attached hydrogens (tertiary/aromatic N) is 1. The predicted octanol–water partition coefficient (Wildman–Crippen LogP) is 0.961. The van der Waals surface area contributed by atoms with Crippen LogP contribution in [0.4, 0.5) is 8.78 Å². The number of hydrogen-bond donors (Lipinski definition) is 2. The van der Waals surface area contributed by atoms with Gasteiger partial charge >= 0.3 is 0 Å². The van der Waals surface area contributed by atoms with Crippen LogP contribution in [0.15, 0.2) is 18.2 Å². The molecule has 1 amide bonds. The van der Waals surface area contributed by atoms with Crippen LogP contribution in [0.5, 0.6) is 0 Å². The smallest absolute Gasteiger partial charge is 0.242 e. The van der Waals surface area contributed by atoms with Crippen molar-refractivity contribution in [3.63, 3.8) is 0 Å². The van der Waals surface area contributed by atoms with E-state index >= 15 is 0 Å². The molecule has 4 nitrogen and oxygen atoms in total. The molecular weight excluding hydrogens is 264 g/mol. The van der Waals surface area contributed by atoms with Crippen LogP contribution in [-0.4, -0.2) is 37.0 Å². The Kier molecular flexibility index (Phi) is 4.35. The van der Waals surface area contributed by atoms with E-state index in [9.17, 15) is 13.6 Å². The predicted molar refractivity (Wildman–Crippen MR) is 72.0 cm³/mol. The van der Waals surface area contributed by atoms with Crippen LogP contribution in [0.25, 0.3) is 0 Å². The number of amides is 1. The van der Waals surface area contributed by atoms with E-state index in [0.717, 1.165) is 31.6 Å². The van der Waals surface area contributed by atoms with E-state index in [1.54, 1.807) is 6.92 Å². The van der Waals surface area contributed by atoms with Crippen molar-refractivity contribution < 1.29 is 13.6 Å². The van der Waals surface area contributed by atoms with Gasteiger partial charge in [0.15, 0.2) is 11.6 Å². The zero-order chi connectivity index (χ0) is 14.8. The van der Waals surface area contributed by atoms with E-state index in [-0.39, 0.29) is 0 Å². The summed E-state index contributed by atoms with van der Waals surface area (Å²) >= 11 is 0. The molecule has 1 aromatic carbocycles. The molecule has 2 rings (SSSR count). The number of benzene rings is 1. The molecule has 6 heteroatoms. The molecule has 1 saturated heterocycles. The molecule has 0 spiro atoms. The first-order chi connectivity index (χ1) is 9.46. The van der Waals surface area contributed by atoms with Crippen molar-refractivity contribution in [3.8, 4) is 0 Å². The molecule has 20 heavy (non-hydrogen) atoms. The van der Waals surface area contributed by atoms with Crippen molar-refractivity contribution in [1.82, 2.24) is 10.2 Å². The SMILES string of the molecule is CC(C(N)=O)(c1ccc(F)c(F)c1)N1CCCNCC1. The second-order valence-electron chi connectivity index (χ2n) is 5.16. The van der Waals surface area contributed by atoms with E-state index in [1.807, 2.05) is 4.90 Å².